The second kappa shape index (κ2) is 4.92. The van der Waals surface area contributed by atoms with Crippen LogP contribution in [-0.4, -0.2) is 28.6 Å². The Morgan fingerprint density at radius 2 is 2.26 bits per heavy atom. The van der Waals surface area contributed by atoms with E-state index in [9.17, 15) is 14.9 Å². The molecule has 4 rings (SSSR count). The van der Waals surface area contributed by atoms with Crippen molar-refractivity contribution >= 4 is 17.3 Å². The van der Waals surface area contributed by atoms with Crippen molar-refractivity contribution in [3.8, 4) is 5.75 Å². The Morgan fingerprint density at radius 1 is 1.43 bits per heavy atom. The van der Waals surface area contributed by atoms with Crippen LogP contribution in [0.15, 0.2) is 12.1 Å². The largest absolute Gasteiger partial charge is 0.484 e. The Bertz CT molecular complexity index is 704. The number of ether oxygens (including phenoxy) is 2. The Kier molecular flexibility index (Phi) is 3.09. The van der Waals surface area contributed by atoms with Gasteiger partial charge in [-0.05, 0) is 43.7 Å². The molecule has 1 saturated carbocycles. The zero-order valence-corrected chi connectivity index (χ0v) is 12.8. The van der Waals surface area contributed by atoms with Crippen molar-refractivity contribution in [1.29, 1.82) is 0 Å². The molecule has 1 saturated heterocycles. The van der Waals surface area contributed by atoms with Gasteiger partial charge in [0.15, 0.2) is 0 Å². The average molecular weight is 318 g/mol. The highest BCUT2D eigenvalue weighted by molar-refractivity contribution is 5.91. The van der Waals surface area contributed by atoms with Crippen LogP contribution in [0.4, 0.5) is 11.4 Å². The van der Waals surface area contributed by atoms with Crippen LogP contribution in [0.3, 0.4) is 0 Å². The van der Waals surface area contributed by atoms with E-state index >= 15 is 0 Å². The number of nitrogens with zero attached hydrogens (tertiary/aromatic N) is 1. The zero-order chi connectivity index (χ0) is 16.2. The summed E-state index contributed by atoms with van der Waals surface area (Å²) in [6, 6.07) is 3.10. The van der Waals surface area contributed by atoms with Gasteiger partial charge in [0.05, 0.1) is 17.1 Å². The first-order valence-corrected chi connectivity index (χ1v) is 7.92. The molecule has 1 amide bonds. The van der Waals surface area contributed by atoms with Crippen LogP contribution in [0.1, 0.15) is 38.2 Å². The lowest BCUT2D eigenvalue weighted by Gasteiger charge is -2.39. The van der Waals surface area contributed by atoms with E-state index < -0.39 is 4.92 Å². The molecule has 3 aliphatic rings. The normalized spacial score (nSPS) is 30.8. The molecule has 1 aromatic carbocycles. The molecule has 1 N–H and O–H groups in total. The molecule has 0 radical (unpaired) electrons. The number of epoxide rings is 1. The lowest BCUT2D eigenvalue weighted by molar-refractivity contribution is -0.384. The number of aryl methyl sites for hydroxylation is 1. The first kappa shape index (κ1) is 14.4. The minimum Gasteiger partial charge on any atom is -0.484 e. The van der Waals surface area contributed by atoms with Gasteiger partial charge in [-0.3, -0.25) is 14.9 Å². The van der Waals surface area contributed by atoms with Crippen LogP contribution in [0.2, 0.25) is 0 Å². The second-order valence-electron chi connectivity index (χ2n) is 6.57. The number of anilines is 1. The highest BCUT2D eigenvalue weighted by Gasteiger charge is 2.59. The van der Waals surface area contributed by atoms with E-state index in [2.05, 4.69) is 5.32 Å². The predicted molar refractivity (Wildman–Crippen MR) is 81.6 cm³/mol. The van der Waals surface area contributed by atoms with Crippen LogP contribution < -0.4 is 10.1 Å². The van der Waals surface area contributed by atoms with E-state index in [0.29, 0.717) is 11.9 Å². The first-order valence-electron chi connectivity index (χ1n) is 7.92. The third kappa shape index (κ3) is 2.35. The number of carbonyl (C=O) groups is 1. The highest BCUT2D eigenvalue weighted by Crippen LogP contribution is 2.51. The maximum absolute atomic E-state index is 11.3. The summed E-state index contributed by atoms with van der Waals surface area (Å²) in [5.74, 6) is 0.218. The number of nitro groups is 1. The fourth-order valence-corrected chi connectivity index (χ4v) is 3.91. The van der Waals surface area contributed by atoms with Gasteiger partial charge in [0, 0.05) is 6.92 Å². The summed E-state index contributed by atoms with van der Waals surface area (Å²) in [7, 11) is 0. The number of hydrogen-bond donors (Lipinski definition) is 1. The van der Waals surface area contributed by atoms with Gasteiger partial charge in [-0.1, -0.05) is 0 Å². The molecule has 2 fully saturated rings. The number of carbonyl (C=O) groups excluding carboxylic acids is 1. The Balaban J connectivity index is 1.70. The quantitative estimate of drug-likeness (QED) is 0.514. The highest BCUT2D eigenvalue weighted by atomic mass is 16.6. The second-order valence-corrected chi connectivity index (χ2v) is 6.57. The molecule has 2 aliphatic heterocycles. The minimum atomic E-state index is -0.493. The molecule has 1 aromatic rings. The number of nitro benzene ring substituents is 1. The summed E-state index contributed by atoms with van der Waals surface area (Å²) in [6.07, 6.45) is 5.09. The molecule has 2 heterocycles. The molecule has 122 valence electrons. The monoisotopic (exact) mass is 318 g/mol. The molecule has 3 atom stereocenters. The fraction of sp³-hybridized carbons (Fsp3) is 0.562. The Hall–Kier alpha value is -2.15. The van der Waals surface area contributed by atoms with Crippen LogP contribution in [0.5, 0.6) is 5.75 Å². The number of hydrogen-bond acceptors (Lipinski definition) is 5. The molecule has 1 spiro atoms. The van der Waals surface area contributed by atoms with E-state index in [-0.39, 0.29) is 29.0 Å². The van der Waals surface area contributed by atoms with Gasteiger partial charge >= 0.3 is 0 Å². The van der Waals surface area contributed by atoms with E-state index in [1.807, 2.05) is 0 Å². The maximum atomic E-state index is 11.3. The molecular formula is C16H18N2O5. The first-order chi connectivity index (χ1) is 11.0. The molecule has 23 heavy (non-hydrogen) atoms. The van der Waals surface area contributed by atoms with Crippen molar-refractivity contribution in [2.24, 2.45) is 0 Å². The van der Waals surface area contributed by atoms with Crippen LogP contribution in [0.25, 0.3) is 0 Å². The van der Waals surface area contributed by atoms with Crippen molar-refractivity contribution in [2.45, 2.75) is 56.8 Å². The number of fused-ring (bicyclic) bond motifs is 3. The van der Waals surface area contributed by atoms with Crippen molar-refractivity contribution in [1.82, 2.24) is 0 Å². The van der Waals surface area contributed by atoms with Gasteiger partial charge in [-0.15, -0.1) is 0 Å². The molecule has 3 unspecified atom stereocenters. The Labute approximate surface area is 133 Å². The van der Waals surface area contributed by atoms with Crippen LogP contribution in [-0.2, 0) is 16.0 Å². The molecule has 0 aromatic heterocycles. The Morgan fingerprint density at radius 3 is 3.00 bits per heavy atom. The maximum Gasteiger partial charge on any atom is 0.296 e. The summed E-state index contributed by atoms with van der Waals surface area (Å²) in [4.78, 5) is 22.1. The molecule has 1 aliphatic carbocycles. The van der Waals surface area contributed by atoms with Gasteiger partial charge in [0.1, 0.15) is 23.1 Å². The average Bonchev–Trinajstić information content (AvgIpc) is 3.27. The number of rotatable bonds is 2. The molecule has 0 bridgehead atoms. The van der Waals surface area contributed by atoms with Crippen molar-refractivity contribution in [2.75, 3.05) is 5.32 Å². The third-order valence-electron chi connectivity index (χ3n) is 5.01. The van der Waals surface area contributed by atoms with Gasteiger partial charge < -0.3 is 14.8 Å². The van der Waals surface area contributed by atoms with Crippen LogP contribution in [0, 0.1) is 10.1 Å². The predicted octanol–water partition coefficient (Wildman–Crippen LogP) is 2.57. The van der Waals surface area contributed by atoms with Crippen molar-refractivity contribution in [3.05, 3.63) is 27.8 Å². The third-order valence-corrected chi connectivity index (χ3v) is 5.01. The number of benzene rings is 1. The van der Waals surface area contributed by atoms with Crippen molar-refractivity contribution < 1.29 is 19.2 Å². The summed E-state index contributed by atoms with van der Waals surface area (Å²) in [6.45, 7) is 1.33. The SMILES string of the molecule is CC(=O)Nc1cc2c(cc1[N+](=O)[O-])OC1(CCCC3OC31)CC2. The van der Waals surface area contributed by atoms with Gasteiger partial charge in [0.25, 0.3) is 5.69 Å². The smallest absolute Gasteiger partial charge is 0.296 e. The van der Waals surface area contributed by atoms with E-state index in [1.54, 1.807) is 6.07 Å². The van der Waals surface area contributed by atoms with Crippen molar-refractivity contribution in [3.63, 3.8) is 0 Å². The standard InChI is InChI=1S/C16H18N2O5/c1-9(19)17-11-7-10-4-6-16(5-2-3-13-15(16)22-13)23-14(10)8-12(11)18(20)21/h7-8,13,15H,2-6H2,1H3,(H,17,19). The molecular weight excluding hydrogens is 300 g/mol. The molecule has 7 heteroatoms. The minimum absolute atomic E-state index is 0.124. The molecule has 7 nitrogen and oxygen atoms in total. The fourth-order valence-electron chi connectivity index (χ4n) is 3.91. The summed E-state index contributed by atoms with van der Waals surface area (Å²) >= 11 is 0. The summed E-state index contributed by atoms with van der Waals surface area (Å²) < 4.78 is 11.9. The van der Waals surface area contributed by atoms with Gasteiger partial charge in [-0.2, -0.15) is 0 Å². The number of nitrogens with one attached hydrogen (secondary N) is 1. The van der Waals surface area contributed by atoms with E-state index in [1.165, 1.54) is 13.0 Å². The van der Waals surface area contributed by atoms with Gasteiger partial charge in [0.2, 0.25) is 5.91 Å². The topological polar surface area (TPSA) is 94.0 Å². The lowest BCUT2D eigenvalue weighted by Crippen LogP contribution is -2.47. The summed E-state index contributed by atoms with van der Waals surface area (Å²) in [5.41, 5.74) is 0.650. The zero-order valence-electron chi connectivity index (χ0n) is 12.8. The van der Waals surface area contributed by atoms with Gasteiger partial charge in [-0.25, -0.2) is 0 Å². The van der Waals surface area contributed by atoms with E-state index in [0.717, 1.165) is 37.7 Å². The summed E-state index contributed by atoms with van der Waals surface area (Å²) in [5, 5.41) is 13.8. The lowest BCUT2D eigenvalue weighted by atomic mass is 9.78. The number of amides is 1. The van der Waals surface area contributed by atoms with E-state index in [4.69, 9.17) is 9.47 Å². The van der Waals surface area contributed by atoms with Crippen LogP contribution >= 0.6 is 0 Å².